The maximum atomic E-state index is 12.7. The van der Waals surface area contributed by atoms with Gasteiger partial charge in [-0.3, -0.25) is 4.79 Å². The van der Waals surface area contributed by atoms with Crippen LogP contribution in [0.25, 0.3) is 0 Å². The summed E-state index contributed by atoms with van der Waals surface area (Å²) < 4.78 is 38.1. The fraction of sp³-hybridized carbons (Fsp3) is 0.533. The number of rotatable bonds is 3. The van der Waals surface area contributed by atoms with Crippen molar-refractivity contribution in [3.63, 3.8) is 0 Å². The second kappa shape index (κ2) is 6.69. The van der Waals surface area contributed by atoms with Gasteiger partial charge in [0.05, 0.1) is 5.56 Å². The molecule has 0 spiro atoms. The Bertz CT molecular complexity index is 502. The second-order valence-electron chi connectivity index (χ2n) is 5.32. The summed E-state index contributed by atoms with van der Waals surface area (Å²) in [6, 6.07) is 4.61. The molecule has 0 aliphatic carbocycles. The molecule has 116 valence electrons. The maximum Gasteiger partial charge on any atom is 0.416 e. The summed E-state index contributed by atoms with van der Waals surface area (Å²) in [5.41, 5.74) is -0.695. The summed E-state index contributed by atoms with van der Waals surface area (Å²) in [4.78, 5) is 14.0. The zero-order chi connectivity index (χ0) is 15.5. The number of halogens is 4. The Morgan fingerprint density at radius 1 is 1.38 bits per heavy atom. The summed E-state index contributed by atoms with van der Waals surface area (Å²) in [5.74, 6) is 0.544. The number of alkyl halides is 4. The van der Waals surface area contributed by atoms with E-state index in [0.29, 0.717) is 24.9 Å². The van der Waals surface area contributed by atoms with Crippen LogP contribution in [0.15, 0.2) is 24.3 Å². The quantitative estimate of drug-likeness (QED) is 0.765. The molecule has 1 atom stereocenters. The summed E-state index contributed by atoms with van der Waals surface area (Å²) in [7, 11) is 0. The number of carbonyl (C=O) groups is 1. The molecule has 1 aliphatic rings. The van der Waals surface area contributed by atoms with Gasteiger partial charge in [0.15, 0.2) is 0 Å². The summed E-state index contributed by atoms with van der Waals surface area (Å²) in [6.07, 6.45) is -1.72. The Labute approximate surface area is 126 Å². The van der Waals surface area contributed by atoms with Crippen LogP contribution in [0.5, 0.6) is 0 Å². The van der Waals surface area contributed by atoms with Crippen LogP contribution >= 0.6 is 11.6 Å². The smallest absolute Gasteiger partial charge is 0.338 e. The number of benzene rings is 1. The summed E-state index contributed by atoms with van der Waals surface area (Å²) >= 11 is 5.72. The average molecular weight is 320 g/mol. The average Bonchev–Trinajstić information content (AvgIpc) is 2.46. The standard InChI is InChI=1S/C15H17ClF3NO/c16-7-6-11-3-2-8-20(10-11)14(21)12-4-1-5-13(9-12)15(17,18)19/h1,4-5,9,11H,2-3,6-8,10H2. The highest BCUT2D eigenvalue weighted by molar-refractivity contribution is 6.17. The van der Waals surface area contributed by atoms with Gasteiger partial charge in [-0.2, -0.15) is 13.2 Å². The molecule has 0 bridgehead atoms. The van der Waals surface area contributed by atoms with Crippen LogP contribution in [0, 0.1) is 5.92 Å². The van der Waals surface area contributed by atoms with E-state index in [0.717, 1.165) is 31.4 Å². The van der Waals surface area contributed by atoms with E-state index < -0.39 is 11.7 Å². The molecule has 21 heavy (non-hydrogen) atoms. The molecule has 1 aromatic carbocycles. The van der Waals surface area contributed by atoms with Gasteiger partial charge in [0.1, 0.15) is 0 Å². The molecule has 2 rings (SSSR count). The minimum Gasteiger partial charge on any atom is -0.338 e. The van der Waals surface area contributed by atoms with Crippen molar-refractivity contribution in [2.45, 2.75) is 25.4 Å². The molecule has 1 fully saturated rings. The van der Waals surface area contributed by atoms with Gasteiger partial charge in [0.2, 0.25) is 0 Å². The first-order chi connectivity index (χ1) is 9.91. The van der Waals surface area contributed by atoms with Crippen molar-refractivity contribution in [1.82, 2.24) is 4.90 Å². The first kappa shape index (κ1) is 16.1. The minimum atomic E-state index is -4.43. The number of amides is 1. The van der Waals surface area contributed by atoms with Gasteiger partial charge in [-0.1, -0.05) is 6.07 Å². The summed E-state index contributed by atoms with van der Waals surface area (Å²) in [5, 5.41) is 0. The Balaban J connectivity index is 2.12. The van der Waals surface area contributed by atoms with Crippen LogP contribution < -0.4 is 0 Å². The predicted octanol–water partition coefficient (Wildman–Crippen LogP) is 4.19. The van der Waals surface area contributed by atoms with Crippen molar-refractivity contribution in [1.29, 1.82) is 0 Å². The second-order valence-corrected chi connectivity index (χ2v) is 5.69. The van der Waals surface area contributed by atoms with Gasteiger partial charge < -0.3 is 4.90 Å². The Morgan fingerprint density at radius 2 is 2.14 bits per heavy atom. The SMILES string of the molecule is O=C(c1cccc(C(F)(F)F)c1)N1CCCC(CCCl)C1. The van der Waals surface area contributed by atoms with E-state index in [-0.39, 0.29) is 11.5 Å². The van der Waals surface area contributed by atoms with E-state index >= 15 is 0 Å². The molecule has 0 N–H and O–H groups in total. The molecular weight excluding hydrogens is 303 g/mol. The molecule has 0 aromatic heterocycles. The molecule has 1 aromatic rings. The third-order valence-corrected chi connectivity index (χ3v) is 3.98. The Kier molecular flexibility index (Phi) is 5.14. The molecule has 2 nitrogen and oxygen atoms in total. The largest absolute Gasteiger partial charge is 0.416 e. The number of piperidine rings is 1. The Hall–Kier alpha value is -1.23. The van der Waals surface area contributed by atoms with Gasteiger partial charge in [-0.25, -0.2) is 0 Å². The minimum absolute atomic E-state index is 0.0938. The zero-order valence-corrected chi connectivity index (χ0v) is 12.3. The zero-order valence-electron chi connectivity index (χ0n) is 11.5. The fourth-order valence-corrected chi connectivity index (χ4v) is 2.96. The van der Waals surface area contributed by atoms with E-state index in [1.54, 1.807) is 4.90 Å². The van der Waals surface area contributed by atoms with Crippen LogP contribution in [-0.2, 0) is 6.18 Å². The topological polar surface area (TPSA) is 20.3 Å². The molecule has 0 radical (unpaired) electrons. The lowest BCUT2D eigenvalue weighted by Crippen LogP contribution is -2.40. The normalized spacial score (nSPS) is 19.6. The first-order valence-electron chi connectivity index (χ1n) is 6.94. The molecular formula is C15H17ClF3NO. The van der Waals surface area contributed by atoms with E-state index in [1.165, 1.54) is 12.1 Å². The number of hydrogen-bond acceptors (Lipinski definition) is 1. The number of nitrogens with zero attached hydrogens (tertiary/aromatic N) is 1. The molecule has 1 amide bonds. The lowest BCUT2D eigenvalue weighted by Gasteiger charge is -2.32. The van der Waals surface area contributed by atoms with Gasteiger partial charge in [0, 0.05) is 24.5 Å². The van der Waals surface area contributed by atoms with Crippen molar-refractivity contribution in [3.8, 4) is 0 Å². The van der Waals surface area contributed by atoms with Crippen molar-refractivity contribution in [2.75, 3.05) is 19.0 Å². The maximum absolute atomic E-state index is 12.7. The van der Waals surface area contributed by atoms with Gasteiger partial charge in [0.25, 0.3) is 5.91 Å². The van der Waals surface area contributed by atoms with Crippen molar-refractivity contribution >= 4 is 17.5 Å². The van der Waals surface area contributed by atoms with Gasteiger partial charge >= 0.3 is 6.18 Å². The van der Waals surface area contributed by atoms with Crippen LogP contribution in [0.2, 0.25) is 0 Å². The molecule has 1 heterocycles. The van der Waals surface area contributed by atoms with Crippen LogP contribution in [-0.4, -0.2) is 29.8 Å². The Morgan fingerprint density at radius 3 is 2.81 bits per heavy atom. The molecule has 1 unspecified atom stereocenters. The highest BCUT2D eigenvalue weighted by atomic mass is 35.5. The number of likely N-dealkylation sites (tertiary alicyclic amines) is 1. The van der Waals surface area contributed by atoms with Crippen LogP contribution in [0.1, 0.15) is 35.2 Å². The number of carbonyl (C=O) groups excluding carboxylic acids is 1. The van der Waals surface area contributed by atoms with E-state index in [2.05, 4.69) is 0 Å². The monoisotopic (exact) mass is 319 g/mol. The van der Waals surface area contributed by atoms with Crippen molar-refractivity contribution in [2.24, 2.45) is 5.92 Å². The van der Waals surface area contributed by atoms with Crippen molar-refractivity contribution < 1.29 is 18.0 Å². The molecule has 1 aliphatic heterocycles. The van der Waals surface area contributed by atoms with E-state index in [1.807, 2.05) is 0 Å². The molecule has 1 saturated heterocycles. The van der Waals surface area contributed by atoms with E-state index in [9.17, 15) is 18.0 Å². The molecule has 0 saturated carbocycles. The van der Waals surface area contributed by atoms with Crippen molar-refractivity contribution in [3.05, 3.63) is 35.4 Å². The lowest BCUT2D eigenvalue weighted by atomic mass is 9.95. The third kappa shape index (κ3) is 4.13. The number of hydrogen-bond donors (Lipinski definition) is 0. The van der Waals surface area contributed by atoms with Crippen LogP contribution in [0.4, 0.5) is 13.2 Å². The highest BCUT2D eigenvalue weighted by Crippen LogP contribution is 2.30. The molecule has 6 heteroatoms. The first-order valence-corrected chi connectivity index (χ1v) is 7.48. The van der Waals surface area contributed by atoms with Gasteiger partial charge in [-0.05, 0) is 43.4 Å². The van der Waals surface area contributed by atoms with Crippen LogP contribution in [0.3, 0.4) is 0 Å². The third-order valence-electron chi connectivity index (χ3n) is 3.76. The van der Waals surface area contributed by atoms with Gasteiger partial charge in [-0.15, -0.1) is 11.6 Å². The predicted molar refractivity (Wildman–Crippen MR) is 75.4 cm³/mol. The summed E-state index contributed by atoms with van der Waals surface area (Å²) in [6.45, 7) is 1.16. The lowest BCUT2D eigenvalue weighted by molar-refractivity contribution is -0.137. The van der Waals surface area contributed by atoms with E-state index in [4.69, 9.17) is 11.6 Å². The fourth-order valence-electron chi connectivity index (χ4n) is 2.65. The highest BCUT2D eigenvalue weighted by Gasteiger charge is 2.32.